The van der Waals surface area contributed by atoms with Crippen molar-refractivity contribution in [1.82, 2.24) is 5.32 Å². The van der Waals surface area contributed by atoms with Gasteiger partial charge >= 0.3 is 0 Å². The van der Waals surface area contributed by atoms with Crippen molar-refractivity contribution in [1.29, 1.82) is 0 Å². The van der Waals surface area contributed by atoms with Crippen molar-refractivity contribution < 1.29 is 4.79 Å². The molecule has 0 atom stereocenters. The van der Waals surface area contributed by atoms with Crippen LogP contribution < -0.4 is 15.5 Å². The maximum Gasteiger partial charge on any atom is 0.238 e. The van der Waals surface area contributed by atoms with E-state index in [9.17, 15) is 4.79 Å². The molecule has 1 fully saturated rings. The fourth-order valence-electron chi connectivity index (χ4n) is 1.76. The minimum absolute atomic E-state index is 0.0215. The van der Waals surface area contributed by atoms with E-state index in [0.717, 1.165) is 23.8 Å². The van der Waals surface area contributed by atoms with Gasteiger partial charge in [-0.3, -0.25) is 4.79 Å². The zero-order chi connectivity index (χ0) is 13.0. The summed E-state index contributed by atoms with van der Waals surface area (Å²) >= 11 is 0. The Morgan fingerprint density at radius 3 is 2.50 bits per heavy atom. The molecular formula is C14H21N3O. The molecule has 0 aliphatic heterocycles. The second-order valence-corrected chi connectivity index (χ2v) is 5.06. The number of nitrogens with zero attached hydrogens (tertiary/aromatic N) is 1. The molecule has 1 saturated carbocycles. The first-order chi connectivity index (χ1) is 8.65. The molecule has 0 spiro atoms. The number of anilines is 2. The third kappa shape index (κ3) is 4.04. The van der Waals surface area contributed by atoms with Gasteiger partial charge in [-0.1, -0.05) is 0 Å². The summed E-state index contributed by atoms with van der Waals surface area (Å²) < 4.78 is 0. The molecule has 1 aromatic carbocycles. The standard InChI is InChI=1S/C14H21N3O/c1-17(2)13-7-5-12(6-8-13)16-14(18)10-15-9-11-3-4-11/h5-8,11,15H,3-4,9-10H2,1-2H3,(H,16,18). The normalized spacial score (nSPS) is 14.3. The summed E-state index contributed by atoms with van der Waals surface area (Å²) in [5.74, 6) is 0.824. The van der Waals surface area contributed by atoms with E-state index in [1.54, 1.807) is 0 Å². The summed E-state index contributed by atoms with van der Waals surface area (Å²) in [6, 6.07) is 7.84. The van der Waals surface area contributed by atoms with Gasteiger partial charge in [0.2, 0.25) is 5.91 Å². The number of rotatable bonds is 6. The number of benzene rings is 1. The van der Waals surface area contributed by atoms with Gasteiger partial charge in [-0.05, 0) is 49.6 Å². The average Bonchev–Trinajstić information content (AvgIpc) is 3.13. The van der Waals surface area contributed by atoms with Crippen molar-refractivity contribution in [3.05, 3.63) is 24.3 Å². The van der Waals surface area contributed by atoms with Gasteiger partial charge in [0.25, 0.3) is 0 Å². The first kappa shape index (κ1) is 12.9. The molecule has 0 bridgehead atoms. The number of hydrogen-bond acceptors (Lipinski definition) is 3. The van der Waals surface area contributed by atoms with E-state index in [0.29, 0.717) is 6.54 Å². The lowest BCUT2D eigenvalue weighted by molar-refractivity contribution is -0.115. The van der Waals surface area contributed by atoms with Gasteiger partial charge < -0.3 is 15.5 Å². The number of carbonyl (C=O) groups is 1. The predicted octanol–water partition coefficient (Wildman–Crippen LogP) is 1.69. The Bertz CT molecular complexity index is 396. The molecular weight excluding hydrogens is 226 g/mol. The third-order valence-corrected chi connectivity index (χ3v) is 3.08. The summed E-state index contributed by atoms with van der Waals surface area (Å²) in [5.41, 5.74) is 1.97. The van der Waals surface area contributed by atoms with Crippen LogP contribution in [0.1, 0.15) is 12.8 Å². The van der Waals surface area contributed by atoms with Crippen LogP contribution in [0.5, 0.6) is 0 Å². The summed E-state index contributed by atoms with van der Waals surface area (Å²) in [5, 5.41) is 6.06. The van der Waals surface area contributed by atoms with Gasteiger partial charge in [-0.15, -0.1) is 0 Å². The fraction of sp³-hybridized carbons (Fsp3) is 0.500. The SMILES string of the molecule is CN(C)c1ccc(NC(=O)CNCC2CC2)cc1. The van der Waals surface area contributed by atoms with Gasteiger partial charge in [0.15, 0.2) is 0 Å². The van der Waals surface area contributed by atoms with Crippen LogP contribution in [0.3, 0.4) is 0 Å². The molecule has 4 nitrogen and oxygen atoms in total. The first-order valence-corrected chi connectivity index (χ1v) is 6.43. The maximum absolute atomic E-state index is 11.6. The molecule has 4 heteroatoms. The zero-order valence-electron chi connectivity index (χ0n) is 11.1. The smallest absolute Gasteiger partial charge is 0.238 e. The molecule has 0 radical (unpaired) electrons. The highest BCUT2D eigenvalue weighted by atomic mass is 16.1. The Hall–Kier alpha value is -1.55. The van der Waals surface area contributed by atoms with Crippen LogP contribution >= 0.6 is 0 Å². The Balaban J connectivity index is 1.75. The minimum Gasteiger partial charge on any atom is -0.378 e. The van der Waals surface area contributed by atoms with Crippen molar-refractivity contribution in [2.75, 3.05) is 37.4 Å². The van der Waals surface area contributed by atoms with Gasteiger partial charge in [0.1, 0.15) is 0 Å². The van der Waals surface area contributed by atoms with Crippen molar-refractivity contribution in [2.45, 2.75) is 12.8 Å². The Kier molecular flexibility index (Phi) is 4.20. The quantitative estimate of drug-likeness (QED) is 0.804. The molecule has 98 valence electrons. The predicted molar refractivity (Wildman–Crippen MR) is 75.0 cm³/mol. The van der Waals surface area contributed by atoms with Gasteiger partial charge in [-0.25, -0.2) is 0 Å². The molecule has 0 saturated heterocycles. The van der Waals surface area contributed by atoms with E-state index < -0.39 is 0 Å². The van der Waals surface area contributed by atoms with Crippen LogP contribution in [0.4, 0.5) is 11.4 Å². The fourth-order valence-corrected chi connectivity index (χ4v) is 1.76. The lowest BCUT2D eigenvalue weighted by Crippen LogP contribution is -2.29. The lowest BCUT2D eigenvalue weighted by atomic mass is 10.2. The van der Waals surface area contributed by atoms with E-state index in [-0.39, 0.29) is 5.91 Å². The van der Waals surface area contributed by atoms with Crippen LogP contribution in [0.25, 0.3) is 0 Å². The van der Waals surface area contributed by atoms with Gasteiger partial charge in [0.05, 0.1) is 6.54 Å². The van der Waals surface area contributed by atoms with E-state index in [4.69, 9.17) is 0 Å². The van der Waals surface area contributed by atoms with Crippen molar-refractivity contribution in [2.24, 2.45) is 5.92 Å². The van der Waals surface area contributed by atoms with E-state index in [2.05, 4.69) is 10.6 Å². The minimum atomic E-state index is 0.0215. The van der Waals surface area contributed by atoms with Crippen LogP contribution in [-0.4, -0.2) is 33.1 Å². The largest absolute Gasteiger partial charge is 0.378 e. The van der Waals surface area contributed by atoms with Crippen LogP contribution in [0.15, 0.2) is 24.3 Å². The molecule has 1 aromatic rings. The number of amides is 1. The summed E-state index contributed by atoms with van der Waals surface area (Å²) in [4.78, 5) is 13.7. The summed E-state index contributed by atoms with van der Waals surface area (Å²) in [6.45, 7) is 1.36. The van der Waals surface area contributed by atoms with E-state index >= 15 is 0 Å². The third-order valence-electron chi connectivity index (χ3n) is 3.08. The molecule has 18 heavy (non-hydrogen) atoms. The topological polar surface area (TPSA) is 44.4 Å². The van der Waals surface area contributed by atoms with Gasteiger partial charge in [-0.2, -0.15) is 0 Å². The monoisotopic (exact) mass is 247 g/mol. The van der Waals surface area contributed by atoms with Gasteiger partial charge in [0, 0.05) is 25.5 Å². The van der Waals surface area contributed by atoms with E-state index in [1.807, 2.05) is 43.3 Å². The van der Waals surface area contributed by atoms with Crippen molar-refractivity contribution in [3.8, 4) is 0 Å². The highest BCUT2D eigenvalue weighted by Gasteiger charge is 2.20. The first-order valence-electron chi connectivity index (χ1n) is 6.43. The van der Waals surface area contributed by atoms with Crippen LogP contribution in [0, 0.1) is 5.92 Å². The second kappa shape index (κ2) is 5.87. The molecule has 2 N–H and O–H groups in total. The Morgan fingerprint density at radius 1 is 1.28 bits per heavy atom. The summed E-state index contributed by atoms with van der Waals surface area (Å²) in [6.07, 6.45) is 2.61. The summed E-state index contributed by atoms with van der Waals surface area (Å²) in [7, 11) is 3.99. The molecule has 1 amide bonds. The molecule has 0 heterocycles. The molecule has 1 aliphatic carbocycles. The molecule has 1 aliphatic rings. The highest BCUT2D eigenvalue weighted by Crippen LogP contribution is 2.27. The van der Waals surface area contributed by atoms with Crippen LogP contribution in [-0.2, 0) is 4.79 Å². The van der Waals surface area contributed by atoms with Crippen molar-refractivity contribution in [3.63, 3.8) is 0 Å². The number of hydrogen-bond donors (Lipinski definition) is 2. The Morgan fingerprint density at radius 2 is 1.94 bits per heavy atom. The molecule has 0 aromatic heterocycles. The highest BCUT2D eigenvalue weighted by molar-refractivity contribution is 5.92. The second-order valence-electron chi connectivity index (χ2n) is 5.06. The Labute approximate surface area is 108 Å². The number of nitrogens with one attached hydrogen (secondary N) is 2. The molecule has 0 unspecified atom stereocenters. The maximum atomic E-state index is 11.6. The lowest BCUT2D eigenvalue weighted by Gasteiger charge is -2.13. The number of carbonyl (C=O) groups excluding carboxylic acids is 1. The average molecular weight is 247 g/mol. The molecule has 2 rings (SSSR count). The van der Waals surface area contributed by atoms with Crippen LogP contribution in [0.2, 0.25) is 0 Å². The van der Waals surface area contributed by atoms with E-state index in [1.165, 1.54) is 12.8 Å². The van der Waals surface area contributed by atoms with Crippen molar-refractivity contribution >= 4 is 17.3 Å². The zero-order valence-corrected chi connectivity index (χ0v) is 11.1.